The van der Waals surface area contributed by atoms with Crippen molar-refractivity contribution in [3.8, 4) is 0 Å². The predicted octanol–water partition coefficient (Wildman–Crippen LogP) is 2.93. The van der Waals surface area contributed by atoms with Gasteiger partial charge < -0.3 is 10.6 Å². The van der Waals surface area contributed by atoms with Crippen molar-refractivity contribution in [2.75, 3.05) is 11.9 Å². The molecule has 2 aromatic rings. The van der Waals surface area contributed by atoms with Gasteiger partial charge in [-0.15, -0.1) is 0 Å². The molecule has 114 valence electrons. The van der Waals surface area contributed by atoms with E-state index in [9.17, 15) is 9.59 Å². The molecular weight excluding hydrogens is 276 g/mol. The molecule has 0 aliphatic carbocycles. The fraction of sp³-hybridized carbons (Fsp3) is 0.222. The molecule has 1 amide bonds. The van der Waals surface area contributed by atoms with E-state index in [4.69, 9.17) is 0 Å². The molecule has 0 radical (unpaired) electrons. The fourth-order valence-corrected chi connectivity index (χ4v) is 2.09. The van der Waals surface area contributed by atoms with Crippen molar-refractivity contribution in [2.45, 2.75) is 20.4 Å². The van der Waals surface area contributed by atoms with E-state index in [2.05, 4.69) is 10.6 Å². The van der Waals surface area contributed by atoms with Gasteiger partial charge in [-0.3, -0.25) is 9.59 Å². The first-order chi connectivity index (χ1) is 10.5. The number of benzene rings is 2. The normalized spacial score (nSPS) is 10.1. The van der Waals surface area contributed by atoms with Gasteiger partial charge in [0.1, 0.15) is 0 Å². The van der Waals surface area contributed by atoms with Gasteiger partial charge in [0.05, 0.1) is 6.54 Å². The van der Waals surface area contributed by atoms with Crippen LogP contribution in [-0.4, -0.2) is 18.2 Å². The summed E-state index contributed by atoms with van der Waals surface area (Å²) in [6, 6.07) is 15.1. The molecule has 0 aliphatic heterocycles. The highest BCUT2D eigenvalue weighted by atomic mass is 16.1. The van der Waals surface area contributed by atoms with Crippen molar-refractivity contribution in [1.82, 2.24) is 5.32 Å². The molecule has 2 aromatic carbocycles. The van der Waals surface area contributed by atoms with Crippen LogP contribution in [0.2, 0.25) is 0 Å². The topological polar surface area (TPSA) is 58.2 Å². The van der Waals surface area contributed by atoms with Gasteiger partial charge in [-0.1, -0.05) is 29.8 Å². The second kappa shape index (κ2) is 7.41. The van der Waals surface area contributed by atoms with E-state index in [0.29, 0.717) is 12.1 Å². The van der Waals surface area contributed by atoms with E-state index in [1.807, 2.05) is 31.2 Å². The number of rotatable bonds is 6. The van der Waals surface area contributed by atoms with Crippen LogP contribution in [0, 0.1) is 6.92 Å². The van der Waals surface area contributed by atoms with Gasteiger partial charge in [-0.05, 0) is 43.7 Å². The Morgan fingerprint density at radius 1 is 1.05 bits per heavy atom. The third kappa shape index (κ3) is 4.74. The molecule has 0 saturated carbocycles. The summed E-state index contributed by atoms with van der Waals surface area (Å²) in [5.41, 5.74) is 3.74. The maximum absolute atomic E-state index is 11.8. The zero-order valence-electron chi connectivity index (χ0n) is 12.8. The Morgan fingerprint density at radius 2 is 1.77 bits per heavy atom. The Kier molecular flexibility index (Phi) is 5.31. The minimum atomic E-state index is -0.0721. The highest BCUT2D eigenvalue weighted by Crippen LogP contribution is 2.09. The van der Waals surface area contributed by atoms with Gasteiger partial charge in [0.25, 0.3) is 0 Å². The Labute approximate surface area is 130 Å². The second-order valence-corrected chi connectivity index (χ2v) is 5.25. The van der Waals surface area contributed by atoms with Gasteiger partial charge >= 0.3 is 0 Å². The van der Waals surface area contributed by atoms with E-state index >= 15 is 0 Å². The number of aryl methyl sites for hydroxylation is 1. The van der Waals surface area contributed by atoms with Crippen molar-refractivity contribution in [3.63, 3.8) is 0 Å². The summed E-state index contributed by atoms with van der Waals surface area (Å²) in [4.78, 5) is 23.0. The van der Waals surface area contributed by atoms with Gasteiger partial charge in [-0.25, -0.2) is 0 Å². The van der Waals surface area contributed by atoms with Crippen molar-refractivity contribution in [2.24, 2.45) is 0 Å². The Balaban J connectivity index is 1.79. The molecule has 0 spiro atoms. The maximum Gasteiger partial charge on any atom is 0.239 e. The molecule has 0 aromatic heterocycles. The lowest BCUT2D eigenvalue weighted by Crippen LogP contribution is -2.29. The Morgan fingerprint density at radius 3 is 2.41 bits per heavy atom. The summed E-state index contributed by atoms with van der Waals surface area (Å²) in [6.45, 7) is 4.27. The van der Waals surface area contributed by atoms with Crippen LogP contribution in [0.5, 0.6) is 0 Å². The van der Waals surface area contributed by atoms with Crippen molar-refractivity contribution in [3.05, 3.63) is 65.2 Å². The van der Waals surface area contributed by atoms with Crippen LogP contribution in [-0.2, 0) is 11.3 Å². The number of amides is 1. The molecular formula is C18H20N2O2. The molecule has 0 unspecified atom stereocenters. The molecule has 4 nitrogen and oxygen atoms in total. The number of hydrogen-bond acceptors (Lipinski definition) is 3. The lowest BCUT2D eigenvalue weighted by Gasteiger charge is -2.08. The fourth-order valence-electron chi connectivity index (χ4n) is 2.09. The summed E-state index contributed by atoms with van der Waals surface area (Å²) >= 11 is 0. The summed E-state index contributed by atoms with van der Waals surface area (Å²) in [5.74, 6) is -0.0420. The highest BCUT2D eigenvalue weighted by Gasteiger charge is 2.03. The highest BCUT2D eigenvalue weighted by molar-refractivity contribution is 5.94. The standard InChI is InChI=1S/C18H20N2O2/c1-13-4-3-5-15(10-13)11-20-18(22)12-19-17-8-6-16(7-9-17)14(2)21/h3-10,19H,11-12H2,1-2H3,(H,20,22). The summed E-state index contributed by atoms with van der Waals surface area (Å²) < 4.78 is 0. The van der Waals surface area contributed by atoms with Crippen molar-refractivity contribution >= 4 is 17.4 Å². The van der Waals surface area contributed by atoms with Crippen molar-refractivity contribution < 1.29 is 9.59 Å². The zero-order chi connectivity index (χ0) is 15.9. The number of carbonyl (C=O) groups excluding carboxylic acids is 2. The third-order valence-corrected chi connectivity index (χ3v) is 3.32. The van der Waals surface area contributed by atoms with Crippen LogP contribution in [0.3, 0.4) is 0 Å². The van der Waals surface area contributed by atoms with Gasteiger partial charge in [0, 0.05) is 17.8 Å². The first-order valence-corrected chi connectivity index (χ1v) is 7.22. The van der Waals surface area contributed by atoms with Crippen LogP contribution >= 0.6 is 0 Å². The molecule has 4 heteroatoms. The Hall–Kier alpha value is -2.62. The molecule has 0 saturated heterocycles. The zero-order valence-corrected chi connectivity index (χ0v) is 12.8. The first kappa shape index (κ1) is 15.8. The maximum atomic E-state index is 11.8. The van der Waals surface area contributed by atoms with E-state index in [1.165, 1.54) is 12.5 Å². The molecule has 22 heavy (non-hydrogen) atoms. The molecule has 0 fully saturated rings. The molecule has 0 heterocycles. The van der Waals surface area contributed by atoms with E-state index < -0.39 is 0 Å². The minimum absolute atomic E-state index is 0.0300. The largest absolute Gasteiger partial charge is 0.376 e. The second-order valence-electron chi connectivity index (χ2n) is 5.25. The molecule has 0 atom stereocenters. The van der Waals surface area contributed by atoms with Crippen LogP contribution in [0.1, 0.15) is 28.4 Å². The molecule has 0 aliphatic rings. The van der Waals surface area contributed by atoms with E-state index in [0.717, 1.165) is 11.3 Å². The monoisotopic (exact) mass is 296 g/mol. The minimum Gasteiger partial charge on any atom is -0.376 e. The molecule has 2 rings (SSSR count). The summed E-state index contributed by atoms with van der Waals surface area (Å²) in [6.07, 6.45) is 0. The quantitative estimate of drug-likeness (QED) is 0.806. The first-order valence-electron chi connectivity index (χ1n) is 7.22. The number of anilines is 1. The van der Waals surface area contributed by atoms with Crippen LogP contribution in [0.4, 0.5) is 5.69 Å². The third-order valence-electron chi connectivity index (χ3n) is 3.32. The Bertz CT molecular complexity index is 663. The molecule has 2 N–H and O–H groups in total. The van der Waals surface area contributed by atoms with Gasteiger partial charge in [-0.2, -0.15) is 0 Å². The lowest BCUT2D eigenvalue weighted by molar-refractivity contribution is -0.119. The van der Waals surface area contributed by atoms with Gasteiger partial charge in [0.15, 0.2) is 5.78 Å². The van der Waals surface area contributed by atoms with Crippen LogP contribution in [0.25, 0.3) is 0 Å². The van der Waals surface area contributed by atoms with E-state index in [1.54, 1.807) is 24.3 Å². The lowest BCUT2D eigenvalue weighted by atomic mass is 10.1. The SMILES string of the molecule is CC(=O)c1ccc(NCC(=O)NCc2cccc(C)c2)cc1. The number of nitrogens with one attached hydrogen (secondary N) is 2. The van der Waals surface area contributed by atoms with E-state index in [-0.39, 0.29) is 18.2 Å². The number of ketones is 1. The molecule has 0 bridgehead atoms. The van der Waals surface area contributed by atoms with Crippen LogP contribution in [0.15, 0.2) is 48.5 Å². The smallest absolute Gasteiger partial charge is 0.239 e. The number of Topliss-reactive ketones (excluding diaryl/α,β-unsaturated/α-hetero) is 1. The summed E-state index contributed by atoms with van der Waals surface area (Å²) in [7, 11) is 0. The number of hydrogen-bond donors (Lipinski definition) is 2. The van der Waals surface area contributed by atoms with Crippen LogP contribution < -0.4 is 10.6 Å². The average molecular weight is 296 g/mol. The summed E-state index contributed by atoms with van der Waals surface area (Å²) in [5, 5.41) is 5.91. The average Bonchev–Trinajstić information content (AvgIpc) is 2.51. The predicted molar refractivity (Wildman–Crippen MR) is 88.0 cm³/mol. The van der Waals surface area contributed by atoms with Crippen molar-refractivity contribution in [1.29, 1.82) is 0 Å². The number of carbonyl (C=O) groups is 2. The van der Waals surface area contributed by atoms with Gasteiger partial charge in [0.2, 0.25) is 5.91 Å².